The third kappa shape index (κ3) is 2.21. The van der Waals surface area contributed by atoms with Gasteiger partial charge < -0.3 is 4.90 Å². The van der Waals surface area contributed by atoms with Gasteiger partial charge in [-0.25, -0.2) is 0 Å². The molecule has 15 heavy (non-hydrogen) atoms. The molecule has 0 aliphatic carbocycles. The van der Waals surface area contributed by atoms with E-state index in [4.69, 9.17) is 0 Å². The number of piperazine rings is 1. The summed E-state index contributed by atoms with van der Waals surface area (Å²) in [6.07, 6.45) is 4.14. The van der Waals surface area contributed by atoms with E-state index in [9.17, 15) is 0 Å². The maximum absolute atomic E-state index is 2.78. The number of likely N-dealkylation sites (tertiary alicyclic amines) is 1. The molecule has 0 spiro atoms. The molecule has 2 heteroatoms. The van der Waals surface area contributed by atoms with Gasteiger partial charge in [-0.3, -0.25) is 4.90 Å². The van der Waals surface area contributed by atoms with Crippen molar-refractivity contribution in [2.45, 2.75) is 64.6 Å². The molecule has 0 radical (unpaired) electrons. The van der Waals surface area contributed by atoms with Crippen molar-refractivity contribution in [2.24, 2.45) is 0 Å². The van der Waals surface area contributed by atoms with Crippen LogP contribution in [0.25, 0.3) is 0 Å². The molecule has 2 rings (SSSR count). The number of rotatable bonds is 2. The van der Waals surface area contributed by atoms with Crippen molar-refractivity contribution in [3.05, 3.63) is 0 Å². The molecule has 2 bridgehead atoms. The van der Waals surface area contributed by atoms with Gasteiger partial charge in [0.2, 0.25) is 0 Å². The fraction of sp³-hybridized carbons (Fsp3) is 1.00. The van der Waals surface area contributed by atoms with Gasteiger partial charge in [0.25, 0.3) is 0 Å². The van der Waals surface area contributed by atoms with Crippen molar-refractivity contribution in [1.29, 1.82) is 0 Å². The molecular formula is C13H26N2. The predicted octanol–water partition coefficient (Wildman–Crippen LogP) is 2.34. The Balaban J connectivity index is 2.04. The fourth-order valence-corrected chi connectivity index (χ4v) is 3.58. The van der Waals surface area contributed by atoms with Gasteiger partial charge in [0, 0.05) is 30.7 Å². The molecule has 2 unspecified atom stereocenters. The predicted molar refractivity (Wildman–Crippen MR) is 65.1 cm³/mol. The molecular weight excluding hydrogens is 184 g/mol. The minimum atomic E-state index is 0.365. The highest BCUT2D eigenvalue weighted by Gasteiger charge is 2.44. The lowest BCUT2D eigenvalue weighted by Gasteiger charge is -2.48. The van der Waals surface area contributed by atoms with Crippen LogP contribution in [0.4, 0.5) is 0 Å². The SMILES string of the molecule is CCCN1CC2CCC(C1)N2C(C)(C)C. The highest BCUT2D eigenvalue weighted by Crippen LogP contribution is 2.35. The Kier molecular flexibility index (Phi) is 3.09. The minimum absolute atomic E-state index is 0.365. The third-order valence-corrected chi connectivity index (χ3v) is 3.87. The molecule has 0 aromatic heterocycles. The normalized spacial score (nSPS) is 33.6. The van der Waals surface area contributed by atoms with Crippen LogP contribution in [0.15, 0.2) is 0 Å². The van der Waals surface area contributed by atoms with E-state index in [2.05, 4.69) is 37.5 Å². The second kappa shape index (κ2) is 4.06. The first kappa shape index (κ1) is 11.4. The molecule has 2 aliphatic rings. The summed E-state index contributed by atoms with van der Waals surface area (Å²) in [6.45, 7) is 13.3. The minimum Gasteiger partial charge on any atom is -0.300 e. The first-order valence-electron chi connectivity index (χ1n) is 6.53. The number of hydrogen-bond donors (Lipinski definition) is 0. The Morgan fingerprint density at radius 1 is 1.07 bits per heavy atom. The molecule has 0 aromatic rings. The molecule has 2 aliphatic heterocycles. The molecule has 2 heterocycles. The van der Waals surface area contributed by atoms with Crippen LogP contribution >= 0.6 is 0 Å². The third-order valence-electron chi connectivity index (χ3n) is 3.87. The van der Waals surface area contributed by atoms with Gasteiger partial charge in [0.05, 0.1) is 0 Å². The average molecular weight is 210 g/mol. The zero-order chi connectivity index (χ0) is 11.1. The number of nitrogens with zero attached hydrogens (tertiary/aromatic N) is 2. The van der Waals surface area contributed by atoms with Crippen LogP contribution in [-0.2, 0) is 0 Å². The van der Waals surface area contributed by atoms with Gasteiger partial charge in [-0.2, -0.15) is 0 Å². The Hall–Kier alpha value is -0.0800. The Bertz CT molecular complexity index is 205. The van der Waals surface area contributed by atoms with Gasteiger partial charge in [0.15, 0.2) is 0 Å². The smallest absolute Gasteiger partial charge is 0.0232 e. The monoisotopic (exact) mass is 210 g/mol. The largest absolute Gasteiger partial charge is 0.300 e. The summed E-state index contributed by atoms with van der Waals surface area (Å²) in [5.74, 6) is 0. The average Bonchev–Trinajstić information content (AvgIpc) is 2.39. The highest BCUT2D eigenvalue weighted by atomic mass is 15.4. The standard InChI is InChI=1S/C13H26N2/c1-5-8-14-9-11-6-7-12(10-14)15(11)13(2,3)4/h11-12H,5-10H2,1-4H3. The second-order valence-corrected chi connectivity index (χ2v) is 6.22. The fourth-order valence-electron chi connectivity index (χ4n) is 3.58. The zero-order valence-electron chi connectivity index (χ0n) is 10.8. The van der Waals surface area contributed by atoms with Crippen LogP contribution in [0.3, 0.4) is 0 Å². The molecule has 0 saturated carbocycles. The topological polar surface area (TPSA) is 6.48 Å². The summed E-state index contributed by atoms with van der Waals surface area (Å²) >= 11 is 0. The van der Waals surface area contributed by atoms with Gasteiger partial charge in [0.1, 0.15) is 0 Å². The molecule has 2 atom stereocenters. The van der Waals surface area contributed by atoms with Gasteiger partial charge in [-0.15, -0.1) is 0 Å². The van der Waals surface area contributed by atoms with Gasteiger partial charge in [-0.05, 0) is 46.6 Å². The van der Waals surface area contributed by atoms with Crippen molar-refractivity contribution >= 4 is 0 Å². The maximum Gasteiger partial charge on any atom is 0.0232 e. The molecule has 2 nitrogen and oxygen atoms in total. The summed E-state index contributed by atoms with van der Waals surface area (Å²) in [5.41, 5.74) is 0.365. The van der Waals surface area contributed by atoms with E-state index < -0.39 is 0 Å². The summed E-state index contributed by atoms with van der Waals surface area (Å²) in [6, 6.07) is 1.66. The van der Waals surface area contributed by atoms with E-state index in [1.807, 2.05) is 0 Å². The van der Waals surface area contributed by atoms with Crippen molar-refractivity contribution in [2.75, 3.05) is 19.6 Å². The van der Waals surface area contributed by atoms with Crippen LogP contribution in [0.5, 0.6) is 0 Å². The van der Waals surface area contributed by atoms with Crippen molar-refractivity contribution in [1.82, 2.24) is 9.80 Å². The highest BCUT2D eigenvalue weighted by molar-refractivity contribution is 5.00. The van der Waals surface area contributed by atoms with Crippen molar-refractivity contribution in [3.63, 3.8) is 0 Å². The summed E-state index contributed by atoms with van der Waals surface area (Å²) in [4.78, 5) is 5.45. The molecule has 0 aromatic carbocycles. The van der Waals surface area contributed by atoms with E-state index in [1.54, 1.807) is 0 Å². The lowest BCUT2D eigenvalue weighted by Crippen LogP contribution is -2.59. The molecule has 0 amide bonds. The zero-order valence-corrected chi connectivity index (χ0v) is 10.8. The maximum atomic E-state index is 2.78. The lowest BCUT2D eigenvalue weighted by molar-refractivity contribution is 0.00251. The Labute approximate surface area is 94.6 Å². The van der Waals surface area contributed by atoms with Crippen LogP contribution in [-0.4, -0.2) is 47.1 Å². The summed E-state index contributed by atoms with van der Waals surface area (Å²) < 4.78 is 0. The van der Waals surface area contributed by atoms with Gasteiger partial charge in [-0.1, -0.05) is 6.92 Å². The summed E-state index contributed by atoms with van der Waals surface area (Å²) in [5, 5.41) is 0. The van der Waals surface area contributed by atoms with E-state index in [1.165, 1.54) is 38.9 Å². The van der Waals surface area contributed by atoms with E-state index >= 15 is 0 Å². The molecule has 0 N–H and O–H groups in total. The quantitative estimate of drug-likeness (QED) is 0.690. The number of hydrogen-bond acceptors (Lipinski definition) is 2. The van der Waals surface area contributed by atoms with E-state index in [0.29, 0.717) is 5.54 Å². The van der Waals surface area contributed by atoms with Crippen LogP contribution in [0.2, 0.25) is 0 Å². The van der Waals surface area contributed by atoms with E-state index in [0.717, 1.165) is 12.1 Å². The first-order chi connectivity index (χ1) is 7.02. The molecule has 2 fully saturated rings. The Morgan fingerprint density at radius 2 is 1.60 bits per heavy atom. The van der Waals surface area contributed by atoms with Crippen LogP contribution < -0.4 is 0 Å². The lowest BCUT2D eigenvalue weighted by atomic mass is 10.0. The first-order valence-corrected chi connectivity index (χ1v) is 6.53. The summed E-state index contributed by atoms with van der Waals surface area (Å²) in [7, 11) is 0. The Morgan fingerprint density at radius 3 is 2.00 bits per heavy atom. The second-order valence-electron chi connectivity index (χ2n) is 6.22. The molecule has 88 valence electrons. The van der Waals surface area contributed by atoms with Crippen molar-refractivity contribution < 1.29 is 0 Å². The molecule has 2 saturated heterocycles. The number of fused-ring (bicyclic) bond motifs is 2. The van der Waals surface area contributed by atoms with E-state index in [-0.39, 0.29) is 0 Å². The van der Waals surface area contributed by atoms with Crippen molar-refractivity contribution in [3.8, 4) is 0 Å². The van der Waals surface area contributed by atoms with Crippen LogP contribution in [0, 0.1) is 0 Å². The van der Waals surface area contributed by atoms with Gasteiger partial charge >= 0.3 is 0 Å². The van der Waals surface area contributed by atoms with Crippen LogP contribution in [0.1, 0.15) is 47.0 Å².